The fourth-order valence-electron chi connectivity index (χ4n) is 2.51. The highest BCUT2D eigenvalue weighted by atomic mass is 19.3. The molecule has 0 aromatic rings. The predicted molar refractivity (Wildman–Crippen MR) is 74.0 cm³/mol. The molecule has 2 rings (SSSR count). The molecule has 19 heavy (non-hydrogen) atoms. The average Bonchev–Trinajstić information content (AvgIpc) is 2.67. The van der Waals surface area contributed by atoms with Gasteiger partial charge in [0, 0.05) is 37.4 Å². The number of allylic oxidation sites excluding steroid dienone is 2. The minimum Gasteiger partial charge on any atom is -0.346 e. The SMILES string of the molecule is C=C1C=CC(CCN2CCC(F)(F)C2)=CN1C(C)C. The highest BCUT2D eigenvalue weighted by molar-refractivity contribution is 5.33. The summed E-state index contributed by atoms with van der Waals surface area (Å²) in [5.74, 6) is -2.49. The lowest BCUT2D eigenvalue weighted by molar-refractivity contribution is 0.0123. The second-order valence-electron chi connectivity index (χ2n) is 5.66. The summed E-state index contributed by atoms with van der Waals surface area (Å²) in [6.07, 6.45) is 6.92. The normalized spacial score (nSPS) is 23.3. The molecule has 0 radical (unpaired) electrons. The van der Waals surface area contributed by atoms with E-state index in [2.05, 4.69) is 31.5 Å². The van der Waals surface area contributed by atoms with Gasteiger partial charge in [0.15, 0.2) is 0 Å². The fraction of sp³-hybridized carbons (Fsp3) is 0.600. The molecular weight excluding hydrogens is 246 g/mol. The maximum Gasteiger partial charge on any atom is 0.261 e. The van der Waals surface area contributed by atoms with Crippen LogP contribution in [0.2, 0.25) is 0 Å². The van der Waals surface area contributed by atoms with Crippen molar-refractivity contribution in [2.45, 2.75) is 38.7 Å². The third-order valence-corrected chi connectivity index (χ3v) is 3.65. The highest BCUT2D eigenvalue weighted by Crippen LogP contribution is 2.27. The Hall–Kier alpha value is -1.16. The smallest absolute Gasteiger partial charge is 0.261 e. The van der Waals surface area contributed by atoms with Gasteiger partial charge in [-0.3, -0.25) is 4.90 Å². The van der Waals surface area contributed by atoms with E-state index in [-0.39, 0.29) is 13.0 Å². The number of alkyl halides is 2. The van der Waals surface area contributed by atoms with Crippen molar-refractivity contribution in [1.82, 2.24) is 9.80 Å². The van der Waals surface area contributed by atoms with Crippen LogP contribution in [0.25, 0.3) is 0 Å². The van der Waals surface area contributed by atoms with Crippen LogP contribution < -0.4 is 0 Å². The van der Waals surface area contributed by atoms with Crippen LogP contribution >= 0.6 is 0 Å². The van der Waals surface area contributed by atoms with E-state index in [1.54, 1.807) is 0 Å². The zero-order valence-corrected chi connectivity index (χ0v) is 11.7. The third-order valence-electron chi connectivity index (χ3n) is 3.65. The van der Waals surface area contributed by atoms with Gasteiger partial charge in [0.1, 0.15) is 0 Å². The molecule has 2 aliphatic rings. The Morgan fingerprint density at radius 1 is 1.37 bits per heavy atom. The Bertz CT molecular complexity index is 410. The van der Waals surface area contributed by atoms with Gasteiger partial charge in [-0.2, -0.15) is 0 Å². The molecule has 2 heterocycles. The van der Waals surface area contributed by atoms with E-state index >= 15 is 0 Å². The lowest BCUT2D eigenvalue weighted by Gasteiger charge is -2.29. The van der Waals surface area contributed by atoms with E-state index in [0.717, 1.165) is 12.1 Å². The van der Waals surface area contributed by atoms with Crippen LogP contribution in [-0.4, -0.2) is 41.4 Å². The Labute approximate surface area is 114 Å². The van der Waals surface area contributed by atoms with Crippen molar-refractivity contribution in [1.29, 1.82) is 0 Å². The summed E-state index contributed by atoms with van der Waals surface area (Å²) >= 11 is 0. The van der Waals surface area contributed by atoms with E-state index in [1.165, 1.54) is 5.57 Å². The first kappa shape index (κ1) is 14.3. The predicted octanol–water partition coefficient (Wildman–Crippen LogP) is 3.40. The van der Waals surface area contributed by atoms with E-state index < -0.39 is 5.92 Å². The van der Waals surface area contributed by atoms with Gasteiger partial charge in [-0.15, -0.1) is 0 Å². The largest absolute Gasteiger partial charge is 0.346 e. The van der Waals surface area contributed by atoms with E-state index in [0.29, 0.717) is 19.1 Å². The molecule has 0 saturated carbocycles. The number of hydrogen-bond donors (Lipinski definition) is 0. The molecule has 0 unspecified atom stereocenters. The molecule has 1 fully saturated rings. The van der Waals surface area contributed by atoms with Gasteiger partial charge in [-0.05, 0) is 31.9 Å². The molecule has 0 aromatic carbocycles. The molecule has 0 spiro atoms. The maximum absolute atomic E-state index is 13.1. The first-order valence-corrected chi connectivity index (χ1v) is 6.83. The summed E-state index contributed by atoms with van der Waals surface area (Å²) < 4.78 is 26.2. The molecule has 0 amide bonds. The molecule has 0 aliphatic carbocycles. The summed E-state index contributed by atoms with van der Waals surface area (Å²) in [5, 5.41) is 0. The molecule has 2 aliphatic heterocycles. The van der Waals surface area contributed by atoms with E-state index in [1.807, 2.05) is 17.1 Å². The van der Waals surface area contributed by atoms with Gasteiger partial charge in [-0.1, -0.05) is 12.7 Å². The van der Waals surface area contributed by atoms with Crippen LogP contribution in [0, 0.1) is 0 Å². The topological polar surface area (TPSA) is 6.48 Å². The molecule has 0 N–H and O–H groups in total. The number of hydrogen-bond acceptors (Lipinski definition) is 2. The quantitative estimate of drug-likeness (QED) is 0.771. The minimum absolute atomic E-state index is 0.00316. The second-order valence-corrected chi connectivity index (χ2v) is 5.66. The molecule has 106 valence electrons. The zero-order chi connectivity index (χ0) is 14.0. The van der Waals surface area contributed by atoms with Crippen molar-refractivity contribution in [2.24, 2.45) is 0 Å². The zero-order valence-electron chi connectivity index (χ0n) is 11.7. The van der Waals surface area contributed by atoms with Crippen LogP contribution in [0.3, 0.4) is 0 Å². The van der Waals surface area contributed by atoms with Crippen LogP contribution in [0.1, 0.15) is 26.7 Å². The van der Waals surface area contributed by atoms with Gasteiger partial charge in [0.05, 0.1) is 6.54 Å². The molecule has 0 atom stereocenters. The Kier molecular flexibility index (Phi) is 4.09. The number of rotatable bonds is 4. The Morgan fingerprint density at radius 2 is 2.11 bits per heavy atom. The number of halogens is 2. The third kappa shape index (κ3) is 3.66. The molecular formula is C15H22F2N2. The summed E-state index contributed by atoms with van der Waals surface area (Å²) in [5.41, 5.74) is 2.16. The van der Waals surface area contributed by atoms with Crippen LogP contribution in [-0.2, 0) is 0 Å². The molecule has 1 saturated heterocycles. The van der Waals surface area contributed by atoms with Gasteiger partial charge < -0.3 is 4.90 Å². The monoisotopic (exact) mass is 268 g/mol. The summed E-state index contributed by atoms with van der Waals surface area (Å²) in [6.45, 7) is 9.32. The average molecular weight is 268 g/mol. The maximum atomic E-state index is 13.1. The van der Waals surface area contributed by atoms with Crippen molar-refractivity contribution in [2.75, 3.05) is 19.6 Å². The fourth-order valence-corrected chi connectivity index (χ4v) is 2.51. The first-order chi connectivity index (χ1) is 8.87. The summed E-state index contributed by atoms with van der Waals surface area (Å²) in [6, 6.07) is 0.364. The van der Waals surface area contributed by atoms with Gasteiger partial charge in [0.2, 0.25) is 0 Å². The van der Waals surface area contributed by atoms with Crippen molar-refractivity contribution in [3.63, 3.8) is 0 Å². The second kappa shape index (κ2) is 5.45. The van der Waals surface area contributed by atoms with Gasteiger partial charge in [-0.25, -0.2) is 8.78 Å². The number of nitrogens with zero attached hydrogens (tertiary/aromatic N) is 2. The van der Waals surface area contributed by atoms with Crippen LogP contribution in [0.5, 0.6) is 0 Å². The number of likely N-dealkylation sites (tertiary alicyclic amines) is 1. The van der Waals surface area contributed by atoms with Crippen molar-refractivity contribution < 1.29 is 8.78 Å². The molecule has 0 aromatic heterocycles. The lowest BCUT2D eigenvalue weighted by atomic mass is 10.1. The highest BCUT2D eigenvalue weighted by Gasteiger charge is 2.37. The first-order valence-electron chi connectivity index (χ1n) is 6.83. The minimum atomic E-state index is -2.49. The van der Waals surface area contributed by atoms with Crippen molar-refractivity contribution in [3.05, 3.63) is 36.2 Å². The van der Waals surface area contributed by atoms with Gasteiger partial charge in [0.25, 0.3) is 5.92 Å². The summed E-state index contributed by atoms with van der Waals surface area (Å²) in [7, 11) is 0. The van der Waals surface area contributed by atoms with Crippen LogP contribution in [0.4, 0.5) is 8.78 Å². The lowest BCUT2D eigenvalue weighted by Crippen LogP contribution is -2.28. The molecule has 0 bridgehead atoms. The standard InChI is InChI=1S/C15H22F2N2/c1-12(2)19-10-14(5-4-13(19)3)6-8-18-9-7-15(16,17)11-18/h4-5,10,12H,3,6-9,11H2,1-2H3. The molecule has 2 nitrogen and oxygen atoms in total. The Morgan fingerprint density at radius 3 is 2.68 bits per heavy atom. The van der Waals surface area contributed by atoms with E-state index in [4.69, 9.17) is 0 Å². The summed E-state index contributed by atoms with van der Waals surface area (Å²) in [4.78, 5) is 3.96. The van der Waals surface area contributed by atoms with Gasteiger partial charge >= 0.3 is 0 Å². The van der Waals surface area contributed by atoms with E-state index in [9.17, 15) is 8.78 Å². The molecule has 4 heteroatoms. The van der Waals surface area contributed by atoms with Crippen molar-refractivity contribution >= 4 is 0 Å². The Balaban J connectivity index is 1.88. The van der Waals surface area contributed by atoms with Crippen LogP contribution in [0.15, 0.2) is 36.2 Å². The van der Waals surface area contributed by atoms with Crippen molar-refractivity contribution in [3.8, 4) is 0 Å².